The smallest absolute Gasteiger partial charge is 0.0594 e. The summed E-state index contributed by atoms with van der Waals surface area (Å²) in [6.45, 7) is 9.73. The molecule has 0 aliphatic heterocycles. The van der Waals surface area contributed by atoms with Gasteiger partial charge in [0.1, 0.15) is 0 Å². The molecule has 0 saturated heterocycles. The van der Waals surface area contributed by atoms with Gasteiger partial charge >= 0.3 is 0 Å². The first-order valence-electron chi connectivity index (χ1n) is 9.56. The molecule has 0 heterocycles. The lowest BCUT2D eigenvalue weighted by Crippen LogP contribution is -2.60. The Hall–Kier alpha value is -0.820. The Bertz CT molecular complexity index is 618. The second-order valence-electron chi connectivity index (χ2n) is 9.64. The molecule has 0 amide bonds. The maximum absolute atomic E-state index is 10.6. The van der Waals surface area contributed by atoms with Crippen LogP contribution in [0.3, 0.4) is 0 Å². The van der Waals surface area contributed by atoms with E-state index in [1.54, 1.807) is 11.1 Å². The Morgan fingerprint density at radius 2 is 1.65 bits per heavy atom. The number of benzene rings is 1. The predicted octanol–water partition coefficient (Wildman–Crippen LogP) is 5.10. The minimum atomic E-state index is -0.124. The molecule has 5 atom stereocenters. The van der Waals surface area contributed by atoms with Crippen LogP contribution in [0.5, 0.6) is 0 Å². The van der Waals surface area contributed by atoms with Gasteiger partial charge in [0.05, 0.1) is 6.10 Å². The first kappa shape index (κ1) is 15.7. The molecular weight excluding hydrogens is 280 g/mol. The maximum atomic E-state index is 10.6. The topological polar surface area (TPSA) is 20.2 Å². The van der Waals surface area contributed by atoms with Crippen molar-refractivity contribution in [2.75, 3.05) is 0 Å². The second kappa shape index (κ2) is 4.85. The van der Waals surface area contributed by atoms with Crippen molar-refractivity contribution >= 4 is 0 Å². The molecule has 0 bridgehead atoms. The summed E-state index contributed by atoms with van der Waals surface area (Å²) in [4.78, 5) is 0. The predicted molar refractivity (Wildman–Crippen MR) is 95.5 cm³/mol. The molecule has 126 valence electrons. The Labute approximate surface area is 141 Å². The van der Waals surface area contributed by atoms with Gasteiger partial charge in [0.25, 0.3) is 0 Å². The summed E-state index contributed by atoms with van der Waals surface area (Å²) in [5, 5.41) is 10.6. The number of rotatable bonds is 0. The molecule has 0 aromatic heterocycles. The van der Waals surface area contributed by atoms with E-state index in [9.17, 15) is 5.11 Å². The number of hydrogen-bond acceptors (Lipinski definition) is 1. The van der Waals surface area contributed by atoms with Gasteiger partial charge in [-0.05, 0) is 77.7 Å². The lowest BCUT2D eigenvalue weighted by atomic mass is 9.40. The molecule has 1 N–H and O–H groups in total. The van der Waals surface area contributed by atoms with Crippen LogP contribution in [0.15, 0.2) is 24.3 Å². The van der Waals surface area contributed by atoms with E-state index in [0.29, 0.717) is 16.7 Å². The van der Waals surface area contributed by atoms with Crippen molar-refractivity contribution in [2.24, 2.45) is 22.7 Å². The quantitative estimate of drug-likeness (QED) is 0.706. The second-order valence-corrected chi connectivity index (χ2v) is 9.64. The van der Waals surface area contributed by atoms with E-state index in [4.69, 9.17) is 0 Å². The van der Waals surface area contributed by atoms with Crippen LogP contribution in [0.2, 0.25) is 0 Å². The Balaban J connectivity index is 1.80. The van der Waals surface area contributed by atoms with Crippen LogP contribution in [0, 0.1) is 22.7 Å². The number of aliphatic hydroxyl groups is 1. The van der Waals surface area contributed by atoms with Gasteiger partial charge < -0.3 is 5.11 Å². The standard InChI is InChI=1S/C22H32O/c1-20(2)17-11-13-21(3)16-8-6-5-7-15(16)9-10-18(21)22(17,4)14-12-19(20)23/h5-8,17-19,23H,9-14H2,1-4H3/t17-,18-,19+,21+,22+/m1/s1. The van der Waals surface area contributed by atoms with Crippen LogP contribution in [-0.4, -0.2) is 11.2 Å². The van der Waals surface area contributed by atoms with Crippen LogP contribution in [0.25, 0.3) is 0 Å². The fraction of sp³-hybridized carbons (Fsp3) is 0.727. The average Bonchev–Trinajstić information content (AvgIpc) is 2.51. The third-order valence-electron chi connectivity index (χ3n) is 8.36. The van der Waals surface area contributed by atoms with E-state index in [2.05, 4.69) is 52.0 Å². The Morgan fingerprint density at radius 3 is 2.43 bits per heavy atom. The third kappa shape index (κ3) is 1.95. The van der Waals surface area contributed by atoms with Crippen molar-refractivity contribution in [3.63, 3.8) is 0 Å². The van der Waals surface area contributed by atoms with Crippen LogP contribution in [-0.2, 0) is 11.8 Å². The molecule has 3 aliphatic rings. The normalized spacial score (nSPS) is 44.8. The fourth-order valence-electron chi connectivity index (χ4n) is 7.11. The summed E-state index contributed by atoms with van der Waals surface area (Å²) < 4.78 is 0. The van der Waals surface area contributed by atoms with Crippen LogP contribution in [0.1, 0.15) is 70.9 Å². The van der Waals surface area contributed by atoms with Crippen LogP contribution >= 0.6 is 0 Å². The molecule has 3 aliphatic carbocycles. The molecule has 0 unspecified atom stereocenters. The van der Waals surface area contributed by atoms with Gasteiger partial charge in [-0.25, -0.2) is 0 Å². The molecule has 2 saturated carbocycles. The van der Waals surface area contributed by atoms with Crippen LogP contribution in [0.4, 0.5) is 0 Å². The van der Waals surface area contributed by atoms with E-state index in [1.165, 1.54) is 32.1 Å². The van der Waals surface area contributed by atoms with Crippen molar-refractivity contribution < 1.29 is 5.11 Å². The minimum Gasteiger partial charge on any atom is -0.393 e. The minimum absolute atomic E-state index is 0.0608. The number of aryl methyl sites for hydroxylation is 1. The van der Waals surface area contributed by atoms with E-state index < -0.39 is 0 Å². The van der Waals surface area contributed by atoms with Crippen molar-refractivity contribution in [3.05, 3.63) is 35.4 Å². The van der Waals surface area contributed by atoms with Gasteiger partial charge in [-0.15, -0.1) is 0 Å². The Morgan fingerprint density at radius 1 is 0.913 bits per heavy atom. The molecule has 23 heavy (non-hydrogen) atoms. The molecule has 1 aromatic carbocycles. The van der Waals surface area contributed by atoms with Crippen molar-refractivity contribution in [1.82, 2.24) is 0 Å². The van der Waals surface area contributed by atoms with Gasteiger partial charge in [-0.2, -0.15) is 0 Å². The van der Waals surface area contributed by atoms with E-state index in [1.807, 2.05) is 0 Å². The van der Waals surface area contributed by atoms with Gasteiger partial charge in [-0.3, -0.25) is 0 Å². The zero-order chi connectivity index (χ0) is 16.5. The van der Waals surface area contributed by atoms with Crippen molar-refractivity contribution in [3.8, 4) is 0 Å². The van der Waals surface area contributed by atoms with E-state index >= 15 is 0 Å². The summed E-state index contributed by atoms with van der Waals surface area (Å²) in [6, 6.07) is 9.18. The van der Waals surface area contributed by atoms with Gasteiger partial charge in [-0.1, -0.05) is 52.0 Å². The molecule has 1 aromatic rings. The lowest BCUT2D eigenvalue weighted by Gasteiger charge is -2.65. The molecule has 0 spiro atoms. The highest BCUT2D eigenvalue weighted by molar-refractivity contribution is 5.39. The summed E-state index contributed by atoms with van der Waals surface area (Å²) in [7, 11) is 0. The zero-order valence-electron chi connectivity index (χ0n) is 15.2. The molecular formula is C22H32O. The number of aliphatic hydroxyl groups excluding tert-OH is 1. The SMILES string of the molecule is CC1(C)[C@H]2CC[C@@]3(C)c4ccccc4CC[C@H]3[C@@]2(C)CC[C@@H]1O. The van der Waals surface area contributed by atoms with Crippen molar-refractivity contribution in [1.29, 1.82) is 0 Å². The number of fused-ring (bicyclic) bond motifs is 5. The zero-order valence-corrected chi connectivity index (χ0v) is 15.2. The molecule has 2 fully saturated rings. The maximum Gasteiger partial charge on any atom is 0.0594 e. The lowest BCUT2D eigenvalue weighted by molar-refractivity contribution is -0.158. The summed E-state index contributed by atoms with van der Waals surface area (Å²) in [5.74, 6) is 1.41. The first-order valence-corrected chi connectivity index (χ1v) is 9.56. The molecule has 1 nitrogen and oxygen atoms in total. The largest absolute Gasteiger partial charge is 0.393 e. The van der Waals surface area contributed by atoms with Gasteiger partial charge in [0.2, 0.25) is 0 Å². The third-order valence-corrected chi connectivity index (χ3v) is 8.36. The number of hydrogen-bond donors (Lipinski definition) is 1. The summed E-state index contributed by atoms with van der Waals surface area (Å²) in [6.07, 6.45) is 7.17. The van der Waals surface area contributed by atoms with Gasteiger partial charge in [0, 0.05) is 0 Å². The van der Waals surface area contributed by atoms with Crippen LogP contribution < -0.4 is 0 Å². The highest BCUT2D eigenvalue weighted by Gasteiger charge is 2.61. The Kier molecular flexibility index (Phi) is 3.31. The van der Waals surface area contributed by atoms with Gasteiger partial charge in [0.15, 0.2) is 0 Å². The average molecular weight is 312 g/mol. The highest BCUT2D eigenvalue weighted by atomic mass is 16.3. The van der Waals surface area contributed by atoms with E-state index in [0.717, 1.165) is 12.3 Å². The fourth-order valence-corrected chi connectivity index (χ4v) is 7.11. The van der Waals surface area contributed by atoms with Crippen molar-refractivity contribution in [2.45, 2.75) is 77.7 Å². The molecule has 0 radical (unpaired) electrons. The van der Waals surface area contributed by atoms with E-state index in [-0.39, 0.29) is 11.5 Å². The molecule has 4 rings (SSSR count). The highest BCUT2D eigenvalue weighted by Crippen LogP contribution is 2.66. The summed E-state index contributed by atoms with van der Waals surface area (Å²) in [5.41, 5.74) is 3.98. The summed E-state index contributed by atoms with van der Waals surface area (Å²) >= 11 is 0. The molecule has 1 heteroatoms. The first-order chi connectivity index (χ1) is 10.8. The monoisotopic (exact) mass is 312 g/mol.